The van der Waals surface area contributed by atoms with Gasteiger partial charge in [-0.25, -0.2) is 4.39 Å². The molecular formula is C18H24FN3O. The summed E-state index contributed by atoms with van der Waals surface area (Å²) in [5.41, 5.74) is 2.69. The standard InChI is InChI=1S/C18H24FN3O/c1-13-15(16-11-14(19)5-6-17(16)21-13)12-18(23)20-7-4-10-22-8-2-3-9-22/h5-6,11,21H,2-4,7-10,12H2,1H3,(H,20,23). The van der Waals surface area contributed by atoms with Crippen molar-refractivity contribution in [3.8, 4) is 0 Å². The summed E-state index contributed by atoms with van der Waals surface area (Å²) in [4.78, 5) is 17.8. The number of rotatable bonds is 6. The number of benzene rings is 1. The summed E-state index contributed by atoms with van der Waals surface area (Å²) < 4.78 is 13.4. The van der Waals surface area contributed by atoms with E-state index in [1.54, 1.807) is 6.07 Å². The zero-order valence-electron chi connectivity index (χ0n) is 13.6. The number of aryl methyl sites for hydroxylation is 1. The normalized spacial score (nSPS) is 15.4. The molecule has 1 aromatic heterocycles. The third kappa shape index (κ3) is 3.91. The van der Waals surface area contributed by atoms with E-state index in [4.69, 9.17) is 0 Å². The molecule has 5 heteroatoms. The van der Waals surface area contributed by atoms with E-state index in [0.717, 1.165) is 35.1 Å². The monoisotopic (exact) mass is 317 g/mol. The second-order valence-corrected chi connectivity index (χ2v) is 6.35. The minimum Gasteiger partial charge on any atom is -0.358 e. The summed E-state index contributed by atoms with van der Waals surface area (Å²) in [5, 5.41) is 3.78. The van der Waals surface area contributed by atoms with Crippen molar-refractivity contribution in [1.82, 2.24) is 15.2 Å². The highest BCUT2D eigenvalue weighted by Crippen LogP contribution is 2.23. The fraction of sp³-hybridized carbons (Fsp3) is 0.500. The number of aromatic amines is 1. The van der Waals surface area contributed by atoms with Crippen LogP contribution in [0.2, 0.25) is 0 Å². The van der Waals surface area contributed by atoms with Crippen LogP contribution in [0.5, 0.6) is 0 Å². The fourth-order valence-electron chi connectivity index (χ4n) is 3.34. The lowest BCUT2D eigenvalue weighted by molar-refractivity contribution is -0.120. The Bertz CT molecular complexity index is 689. The third-order valence-corrected chi connectivity index (χ3v) is 4.59. The number of likely N-dealkylation sites (tertiary alicyclic amines) is 1. The highest BCUT2D eigenvalue weighted by atomic mass is 19.1. The number of hydrogen-bond donors (Lipinski definition) is 2. The Balaban J connectivity index is 1.53. The van der Waals surface area contributed by atoms with Gasteiger partial charge in [0.05, 0.1) is 6.42 Å². The maximum atomic E-state index is 13.4. The molecule has 0 saturated carbocycles. The SMILES string of the molecule is Cc1[nH]c2ccc(F)cc2c1CC(=O)NCCCN1CCCC1. The predicted octanol–water partition coefficient (Wildman–Crippen LogP) is 2.76. The fourth-order valence-corrected chi connectivity index (χ4v) is 3.34. The van der Waals surface area contributed by atoms with E-state index >= 15 is 0 Å². The molecule has 1 aliphatic rings. The number of fused-ring (bicyclic) bond motifs is 1. The summed E-state index contributed by atoms with van der Waals surface area (Å²) in [6.45, 7) is 6.05. The minimum absolute atomic E-state index is 0.000293. The number of H-pyrrole nitrogens is 1. The topological polar surface area (TPSA) is 48.1 Å². The molecule has 0 aliphatic carbocycles. The molecule has 124 valence electrons. The largest absolute Gasteiger partial charge is 0.358 e. The van der Waals surface area contributed by atoms with Gasteiger partial charge in [-0.2, -0.15) is 0 Å². The molecule has 0 spiro atoms. The van der Waals surface area contributed by atoms with Crippen LogP contribution in [0.4, 0.5) is 4.39 Å². The van der Waals surface area contributed by atoms with Gasteiger partial charge in [0.25, 0.3) is 0 Å². The Morgan fingerprint density at radius 3 is 2.91 bits per heavy atom. The Kier molecular flexibility index (Phi) is 4.96. The molecule has 1 fully saturated rings. The van der Waals surface area contributed by atoms with Crippen molar-refractivity contribution < 1.29 is 9.18 Å². The van der Waals surface area contributed by atoms with Crippen LogP contribution in [0.15, 0.2) is 18.2 Å². The average molecular weight is 317 g/mol. The zero-order chi connectivity index (χ0) is 16.2. The van der Waals surface area contributed by atoms with Crippen molar-refractivity contribution in [2.45, 2.75) is 32.6 Å². The molecule has 1 aliphatic heterocycles. The van der Waals surface area contributed by atoms with Crippen LogP contribution in [0.1, 0.15) is 30.5 Å². The van der Waals surface area contributed by atoms with Crippen LogP contribution in [0.25, 0.3) is 10.9 Å². The van der Waals surface area contributed by atoms with E-state index in [0.29, 0.717) is 13.0 Å². The lowest BCUT2D eigenvalue weighted by Gasteiger charge is -2.14. The molecule has 2 heterocycles. The first-order valence-corrected chi connectivity index (χ1v) is 8.39. The molecule has 1 amide bonds. The van der Waals surface area contributed by atoms with Crippen molar-refractivity contribution in [3.05, 3.63) is 35.3 Å². The van der Waals surface area contributed by atoms with Crippen LogP contribution in [-0.4, -0.2) is 42.0 Å². The molecule has 2 N–H and O–H groups in total. The van der Waals surface area contributed by atoms with Gasteiger partial charge in [-0.05, 0) is 69.6 Å². The molecule has 2 aromatic rings. The van der Waals surface area contributed by atoms with Gasteiger partial charge >= 0.3 is 0 Å². The van der Waals surface area contributed by atoms with Gasteiger partial charge in [0.1, 0.15) is 5.82 Å². The third-order valence-electron chi connectivity index (χ3n) is 4.59. The van der Waals surface area contributed by atoms with Crippen LogP contribution in [-0.2, 0) is 11.2 Å². The van der Waals surface area contributed by atoms with E-state index in [-0.39, 0.29) is 11.7 Å². The van der Waals surface area contributed by atoms with E-state index < -0.39 is 0 Å². The lowest BCUT2D eigenvalue weighted by Crippen LogP contribution is -2.29. The van der Waals surface area contributed by atoms with Gasteiger partial charge in [-0.15, -0.1) is 0 Å². The summed E-state index contributed by atoms with van der Waals surface area (Å²) in [7, 11) is 0. The number of halogens is 1. The van der Waals surface area contributed by atoms with Crippen molar-refractivity contribution in [3.63, 3.8) is 0 Å². The molecule has 4 nitrogen and oxygen atoms in total. The first-order chi connectivity index (χ1) is 11.1. The number of amides is 1. The lowest BCUT2D eigenvalue weighted by atomic mass is 10.1. The molecule has 0 radical (unpaired) electrons. The number of carbonyl (C=O) groups excluding carboxylic acids is 1. The smallest absolute Gasteiger partial charge is 0.224 e. The van der Waals surface area contributed by atoms with E-state index in [1.807, 2.05) is 6.92 Å². The predicted molar refractivity (Wildman–Crippen MR) is 90.0 cm³/mol. The Hall–Kier alpha value is -1.88. The van der Waals surface area contributed by atoms with Gasteiger partial charge in [-0.3, -0.25) is 4.79 Å². The molecule has 0 atom stereocenters. The second kappa shape index (κ2) is 7.13. The summed E-state index contributed by atoms with van der Waals surface area (Å²) in [6, 6.07) is 4.64. The van der Waals surface area contributed by atoms with Gasteiger partial charge in [0.15, 0.2) is 0 Å². The zero-order valence-corrected chi connectivity index (χ0v) is 13.6. The Morgan fingerprint density at radius 1 is 1.35 bits per heavy atom. The first kappa shape index (κ1) is 16.0. The minimum atomic E-state index is -0.274. The van der Waals surface area contributed by atoms with Crippen molar-refractivity contribution in [2.75, 3.05) is 26.2 Å². The average Bonchev–Trinajstić information content (AvgIpc) is 3.13. The number of carbonyl (C=O) groups is 1. The molecule has 0 bridgehead atoms. The summed E-state index contributed by atoms with van der Waals surface area (Å²) >= 11 is 0. The van der Waals surface area contributed by atoms with Crippen LogP contribution in [0.3, 0.4) is 0 Å². The quantitative estimate of drug-likeness (QED) is 0.805. The molecule has 0 unspecified atom stereocenters. The molecule has 1 saturated heterocycles. The van der Waals surface area contributed by atoms with E-state index in [1.165, 1.54) is 38.1 Å². The van der Waals surface area contributed by atoms with Crippen LogP contribution < -0.4 is 5.32 Å². The maximum absolute atomic E-state index is 13.4. The van der Waals surface area contributed by atoms with Gasteiger partial charge < -0.3 is 15.2 Å². The summed E-state index contributed by atoms with van der Waals surface area (Å²) in [6.07, 6.45) is 3.86. The highest BCUT2D eigenvalue weighted by molar-refractivity contribution is 5.90. The van der Waals surface area contributed by atoms with Gasteiger partial charge in [-0.1, -0.05) is 0 Å². The first-order valence-electron chi connectivity index (χ1n) is 8.39. The van der Waals surface area contributed by atoms with Gasteiger partial charge in [0.2, 0.25) is 5.91 Å². The van der Waals surface area contributed by atoms with Crippen molar-refractivity contribution in [1.29, 1.82) is 0 Å². The second-order valence-electron chi connectivity index (χ2n) is 6.35. The van der Waals surface area contributed by atoms with Gasteiger partial charge in [0, 0.05) is 23.1 Å². The Morgan fingerprint density at radius 2 is 2.13 bits per heavy atom. The Labute approximate surface area is 136 Å². The van der Waals surface area contributed by atoms with Crippen LogP contribution >= 0.6 is 0 Å². The van der Waals surface area contributed by atoms with Crippen LogP contribution in [0, 0.1) is 12.7 Å². The number of nitrogens with zero attached hydrogens (tertiary/aromatic N) is 1. The molecule has 3 rings (SSSR count). The van der Waals surface area contributed by atoms with Crippen molar-refractivity contribution in [2.24, 2.45) is 0 Å². The molecular weight excluding hydrogens is 293 g/mol. The number of aromatic nitrogens is 1. The number of hydrogen-bond acceptors (Lipinski definition) is 2. The van der Waals surface area contributed by atoms with E-state index in [9.17, 15) is 9.18 Å². The summed E-state index contributed by atoms with van der Waals surface area (Å²) in [5.74, 6) is -0.275. The number of nitrogens with one attached hydrogen (secondary N) is 2. The van der Waals surface area contributed by atoms with Crippen molar-refractivity contribution >= 4 is 16.8 Å². The molecule has 23 heavy (non-hydrogen) atoms. The molecule has 1 aromatic carbocycles. The van der Waals surface area contributed by atoms with E-state index in [2.05, 4.69) is 15.2 Å². The highest BCUT2D eigenvalue weighted by Gasteiger charge is 2.14. The maximum Gasteiger partial charge on any atom is 0.224 e.